The largest absolute Gasteiger partial charge is 0.302 e. The lowest BCUT2D eigenvalue weighted by molar-refractivity contribution is -0.114. The topological polar surface area (TPSA) is 80.2 Å². The zero-order valence-electron chi connectivity index (χ0n) is 11.7. The maximum Gasteiger partial charge on any atom is 0.213 e. The third-order valence-electron chi connectivity index (χ3n) is 3.88. The molecule has 0 amide bonds. The van der Waals surface area contributed by atoms with Gasteiger partial charge >= 0.3 is 0 Å². The van der Waals surface area contributed by atoms with E-state index in [1.165, 1.54) is 4.31 Å². The van der Waals surface area contributed by atoms with Gasteiger partial charge in [0.15, 0.2) is 0 Å². The van der Waals surface area contributed by atoms with Crippen LogP contribution in [0, 0.1) is 6.92 Å². The Morgan fingerprint density at radius 1 is 1.40 bits per heavy atom. The molecule has 0 aliphatic carbocycles. The van der Waals surface area contributed by atoms with E-state index in [0.29, 0.717) is 37.4 Å². The van der Waals surface area contributed by atoms with E-state index < -0.39 is 15.4 Å². The van der Waals surface area contributed by atoms with E-state index in [9.17, 15) is 13.2 Å². The summed E-state index contributed by atoms with van der Waals surface area (Å²) in [7, 11) is -3.19. The van der Waals surface area contributed by atoms with Crippen molar-refractivity contribution < 1.29 is 13.2 Å². The van der Waals surface area contributed by atoms with Crippen molar-refractivity contribution in [2.75, 3.05) is 18.8 Å². The molecule has 1 aromatic heterocycles. The Hall–Kier alpha value is -1.34. The summed E-state index contributed by atoms with van der Waals surface area (Å²) in [5.74, 6) is 0.709. The van der Waals surface area contributed by atoms with E-state index in [4.69, 9.17) is 0 Å². The molecule has 20 heavy (non-hydrogen) atoms. The SMILES string of the molecule is CCS(=O)(=O)N1CCC(C=O)(c2ccnc(C)n2)CC1. The number of piperidine rings is 1. The number of carbonyl (C=O) groups is 1. The first-order valence-corrected chi connectivity index (χ1v) is 8.29. The molecule has 0 radical (unpaired) electrons. The van der Waals surface area contributed by atoms with Crippen LogP contribution < -0.4 is 0 Å². The van der Waals surface area contributed by atoms with Crippen LogP contribution in [0.1, 0.15) is 31.3 Å². The van der Waals surface area contributed by atoms with E-state index in [2.05, 4.69) is 9.97 Å². The van der Waals surface area contributed by atoms with Crippen LogP contribution in [-0.4, -0.2) is 47.8 Å². The molecule has 0 saturated carbocycles. The number of aldehydes is 1. The van der Waals surface area contributed by atoms with E-state index in [0.717, 1.165) is 6.29 Å². The average Bonchev–Trinajstić information content (AvgIpc) is 2.47. The maximum atomic E-state index is 11.9. The number of rotatable bonds is 4. The summed E-state index contributed by atoms with van der Waals surface area (Å²) in [6, 6.07) is 1.74. The summed E-state index contributed by atoms with van der Waals surface area (Å²) in [5, 5.41) is 0. The fourth-order valence-electron chi connectivity index (χ4n) is 2.51. The molecular formula is C13H19N3O3S. The summed E-state index contributed by atoms with van der Waals surface area (Å²) in [4.78, 5) is 20.0. The van der Waals surface area contributed by atoms with Gasteiger partial charge in [0, 0.05) is 19.3 Å². The van der Waals surface area contributed by atoms with Crippen LogP contribution in [0.4, 0.5) is 0 Å². The number of hydrogen-bond acceptors (Lipinski definition) is 5. The predicted molar refractivity (Wildman–Crippen MR) is 74.8 cm³/mol. The standard InChI is InChI=1S/C13H19N3O3S/c1-3-20(18,19)16-8-5-13(10-17,6-9-16)12-4-7-14-11(2)15-12/h4,7,10H,3,5-6,8-9H2,1-2H3. The van der Waals surface area contributed by atoms with Gasteiger partial charge in [0.25, 0.3) is 0 Å². The van der Waals surface area contributed by atoms with Crippen molar-refractivity contribution in [2.24, 2.45) is 0 Å². The first-order valence-electron chi connectivity index (χ1n) is 6.68. The second-order valence-corrected chi connectivity index (χ2v) is 7.32. The van der Waals surface area contributed by atoms with Crippen LogP contribution in [0.25, 0.3) is 0 Å². The van der Waals surface area contributed by atoms with Crippen molar-refractivity contribution in [3.8, 4) is 0 Å². The zero-order valence-corrected chi connectivity index (χ0v) is 12.6. The molecule has 1 aromatic rings. The van der Waals surface area contributed by atoms with Crippen molar-refractivity contribution >= 4 is 16.3 Å². The third-order valence-corrected chi connectivity index (χ3v) is 5.77. The summed E-state index contributed by atoms with van der Waals surface area (Å²) < 4.78 is 25.2. The second kappa shape index (κ2) is 5.57. The molecule has 0 unspecified atom stereocenters. The second-order valence-electron chi connectivity index (χ2n) is 5.06. The van der Waals surface area contributed by atoms with Gasteiger partial charge < -0.3 is 4.79 Å². The van der Waals surface area contributed by atoms with Gasteiger partial charge in [-0.15, -0.1) is 0 Å². The Balaban J connectivity index is 2.23. The Bertz CT molecular complexity index is 593. The summed E-state index contributed by atoms with van der Waals surface area (Å²) in [6.07, 6.45) is 3.47. The van der Waals surface area contributed by atoms with Gasteiger partial charge in [0.05, 0.1) is 16.9 Å². The monoisotopic (exact) mass is 297 g/mol. The van der Waals surface area contributed by atoms with Gasteiger partial charge in [-0.05, 0) is 32.8 Å². The molecule has 1 aliphatic rings. The highest BCUT2D eigenvalue weighted by molar-refractivity contribution is 7.89. The van der Waals surface area contributed by atoms with E-state index >= 15 is 0 Å². The van der Waals surface area contributed by atoms with E-state index in [1.54, 1.807) is 26.1 Å². The smallest absolute Gasteiger partial charge is 0.213 e. The summed E-state index contributed by atoms with van der Waals surface area (Å²) in [5.41, 5.74) is 0.00143. The fraction of sp³-hybridized carbons (Fsp3) is 0.615. The Kier molecular flexibility index (Phi) is 4.19. The molecule has 2 heterocycles. The maximum absolute atomic E-state index is 11.9. The number of carbonyl (C=O) groups excluding carboxylic acids is 1. The third kappa shape index (κ3) is 2.73. The molecular weight excluding hydrogens is 278 g/mol. The van der Waals surface area contributed by atoms with E-state index in [1.807, 2.05) is 0 Å². The molecule has 0 spiro atoms. The van der Waals surface area contributed by atoms with Crippen LogP contribution >= 0.6 is 0 Å². The van der Waals surface area contributed by atoms with Crippen LogP contribution in [-0.2, 0) is 20.2 Å². The van der Waals surface area contributed by atoms with Gasteiger partial charge in [0.2, 0.25) is 10.0 Å². The molecule has 0 bridgehead atoms. The molecule has 110 valence electrons. The van der Waals surface area contributed by atoms with Gasteiger partial charge in [-0.2, -0.15) is 0 Å². The number of aromatic nitrogens is 2. The molecule has 0 N–H and O–H groups in total. The lowest BCUT2D eigenvalue weighted by Gasteiger charge is -2.37. The number of aryl methyl sites for hydroxylation is 1. The first kappa shape index (κ1) is 15.1. The van der Waals surface area contributed by atoms with Gasteiger partial charge in [-0.3, -0.25) is 0 Å². The minimum atomic E-state index is -3.19. The molecule has 6 nitrogen and oxygen atoms in total. The number of hydrogen-bond donors (Lipinski definition) is 0. The van der Waals surface area contributed by atoms with Crippen molar-refractivity contribution in [1.29, 1.82) is 0 Å². The van der Waals surface area contributed by atoms with Crippen LogP contribution in [0.2, 0.25) is 0 Å². The fourth-order valence-corrected chi connectivity index (χ4v) is 3.62. The zero-order chi connectivity index (χ0) is 14.8. The molecule has 2 rings (SSSR count). The van der Waals surface area contributed by atoms with Crippen molar-refractivity contribution in [2.45, 2.75) is 32.1 Å². The minimum absolute atomic E-state index is 0.0910. The normalized spacial score (nSPS) is 19.7. The van der Waals surface area contributed by atoms with Crippen molar-refractivity contribution in [3.63, 3.8) is 0 Å². The number of sulfonamides is 1. The average molecular weight is 297 g/mol. The Labute approximate surface area is 119 Å². The quantitative estimate of drug-likeness (QED) is 0.763. The first-order chi connectivity index (χ1) is 9.43. The predicted octanol–water partition coefficient (Wildman–Crippen LogP) is 0.667. The van der Waals surface area contributed by atoms with Crippen LogP contribution in [0.3, 0.4) is 0 Å². The van der Waals surface area contributed by atoms with Crippen LogP contribution in [0.15, 0.2) is 12.3 Å². The van der Waals surface area contributed by atoms with Gasteiger partial charge in [0.1, 0.15) is 12.1 Å². The molecule has 0 aromatic carbocycles. The van der Waals surface area contributed by atoms with Crippen LogP contribution in [0.5, 0.6) is 0 Å². The number of nitrogens with zero attached hydrogens (tertiary/aromatic N) is 3. The summed E-state index contributed by atoms with van der Waals surface area (Å²) >= 11 is 0. The molecule has 0 atom stereocenters. The highest BCUT2D eigenvalue weighted by Gasteiger charge is 2.40. The Morgan fingerprint density at radius 3 is 2.55 bits per heavy atom. The highest BCUT2D eigenvalue weighted by atomic mass is 32.2. The van der Waals surface area contributed by atoms with Crippen molar-refractivity contribution in [3.05, 3.63) is 23.8 Å². The minimum Gasteiger partial charge on any atom is -0.302 e. The van der Waals surface area contributed by atoms with Gasteiger partial charge in [-0.25, -0.2) is 22.7 Å². The van der Waals surface area contributed by atoms with E-state index in [-0.39, 0.29) is 5.75 Å². The molecule has 1 aliphatic heterocycles. The molecule has 7 heteroatoms. The Morgan fingerprint density at radius 2 is 2.05 bits per heavy atom. The lowest BCUT2D eigenvalue weighted by atomic mass is 9.77. The molecule has 1 saturated heterocycles. The summed E-state index contributed by atoms with van der Waals surface area (Å²) in [6.45, 7) is 4.12. The van der Waals surface area contributed by atoms with Crippen molar-refractivity contribution in [1.82, 2.24) is 14.3 Å². The van der Waals surface area contributed by atoms with Gasteiger partial charge in [-0.1, -0.05) is 0 Å². The highest BCUT2D eigenvalue weighted by Crippen LogP contribution is 2.33. The molecule has 1 fully saturated rings. The lowest BCUT2D eigenvalue weighted by Crippen LogP contribution is -2.46.